The molecule has 0 bridgehead atoms. The van der Waals surface area contributed by atoms with Crippen molar-refractivity contribution in [1.29, 1.82) is 0 Å². The Hall–Kier alpha value is -1.33. The van der Waals surface area contributed by atoms with Gasteiger partial charge in [0.1, 0.15) is 5.69 Å². The number of nitrogens with one attached hydrogen (secondary N) is 1. The number of esters is 1. The van der Waals surface area contributed by atoms with E-state index in [1.54, 1.807) is 19.2 Å². The zero-order valence-corrected chi connectivity index (χ0v) is 8.20. The van der Waals surface area contributed by atoms with E-state index in [-0.39, 0.29) is 6.61 Å². The molecule has 1 heterocycles. The van der Waals surface area contributed by atoms with E-state index in [4.69, 9.17) is 10.8 Å². The molecule has 4 N–H and O–H groups in total. The topological polar surface area (TPSA) is 88.3 Å². The molecule has 0 aliphatic rings. The summed E-state index contributed by atoms with van der Waals surface area (Å²) in [7, 11) is 1.30. The quantitative estimate of drug-likeness (QED) is 0.595. The van der Waals surface area contributed by atoms with Gasteiger partial charge >= 0.3 is 5.97 Å². The molecule has 0 aliphatic carbocycles. The summed E-state index contributed by atoms with van der Waals surface area (Å²) in [6.45, 7) is 1.49. The Morgan fingerprint density at radius 1 is 1.79 bits per heavy atom. The predicted molar refractivity (Wildman–Crippen MR) is 50.8 cm³/mol. The molecule has 0 saturated heterocycles. The summed E-state index contributed by atoms with van der Waals surface area (Å²) in [5.74, 6) is -0.454. The number of carbonyl (C=O) groups is 1. The number of H-pyrrole nitrogens is 1. The number of carbonyl (C=O) groups excluding carboxylic acids is 1. The van der Waals surface area contributed by atoms with Crippen LogP contribution in [0.15, 0.2) is 12.3 Å². The molecule has 1 atom stereocenters. The number of methoxy groups -OCH3 is 1. The molecule has 0 fully saturated rings. The molecular formula is C9H14N2O3. The van der Waals surface area contributed by atoms with Gasteiger partial charge in [-0.05, 0) is 18.6 Å². The van der Waals surface area contributed by atoms with Gasteiger partial charge in [-0.2, -0.15) is 0 Å². The van der Waals surface area contributed by atoms with E-state index in [0.29, 0.717) is 11.3 Å². The van der Waals surface area contributed by atoms with Crippen LogP contribution in [0.25, 0.3) is 0 Å². The molecule has 1 aromatic rings. The lowest BCUT2D eigenvalue weighted by atomic mass is 9.97. The number of ether oxygens (including phenoxy) is 1. The summed E-state index contributed by atoms with van der Waals surface area (Å²) >= 11 is 0. The summed E-state index contributed by atoms with van der Waals surface area (Å²) < 4.78 is 4.52. The Morgan fingerprint density at radius 2 is 2.43 bits per heavy atom. The standard InChI is InChI=1S/C9H14N2O3/c1-9(10,5-12)6-3-7(11-4-6)8(13)14-2/h3-4,11-12H,5,10H2,1-2H3. The van der Waals surface area contributed by atoms with Gasteiger partial charge < -0.3 is 20.6 Å². The Labute approximate surface area is 81.9 Å². The van der Waals surface area contributed by atoms with Crippen LogP contribution in [0.5, 0.6) is 0 Å². The summed E-state index contributed by atoms with van der Waals surface area (Å²) in [5, 5.41) is 9.00. The van der Waals surface area contributed by atoms with E-state index in [1.807, 2.05) is 0 Å². The Bertz CT molecular complexity index is 331. The molecule has 0 spiro atoms. The molecule has 0 saturated carbocycles. The number of aliphatic hydroxyl groups excluding tert-OH is 1. The normalized spacial score (nSPS) is 14.9. The van der Waals surface area contributed by atoms with Gasteiger partial charge in [0.2, 0.25) is 0 Å². The summed E-state index contributed by atoms with van der Waals surface area (Å²) in [5.41, 5.74) is 5.92. The second-order valence-electron chi connectivity index (χ2n) is 3.37. The molecular weight excluding hydrogens is 184 g/mol. The number of hydrogen-bond donors (Lipinski definition) is 3. The van der Waals surface area contributed by atoms with Crippen molar-refractivity contribution in [3.63, 3.8) is 0 Å². The third-order valence-corrected chi connectivity index (χ3v) is 2.08. The molecule has 0 aromatic carbocycles. The van der Waals surface area contributed by atoms with Crippen LogP contribution < -0.4 is 5.73 Å². The van der Waals surface area contributed by atoms with Gasteiger partial charge in [0.25, 0.3) is 0 Å². The molecule has 14 heavy (non-hydrogen) atoms. The second kappa shape index (κ2) is 3.81. The van der Waals surface area contributed by atoms with Crippen LogP contribution in [0.4, 0.5) is 0 Å². The zero-order chi connectivity index (χ0) is 10.8. The minimum Gasteiger partial charge on any atom is -0.464 e. The maximum Gasteiger partial charge on any atom is 0.354 e. The monoisotopic (exact) mass is 198 g/mol. The lowest BCUT2D eigenvalue weighted by Gasteiger charge is -2.19. The van der Waals surface area contributed by atoms with E-state index in [0.717, 1.165) is 0 Å². The molecule has 0 aliphatic heterocycles. The fourth-order valence-corrected chi connectivity index (χ4v) is 1.04. The van der Waals surface area contributed by atoms with Crippen LogP contribution in [0.3, 0.4) is 0 Å². The highest BCUT2D eigenvalue weighted by Crippen LogP contribution is 2.18. The van der Waals surface area contributed by atoms with Crippen LogP contribution in [-0.2, 0) is 10.3 Å². The predicted octanol–water partition coefficient (Wildman–Crippen LogP) is -0.0325. The highest BCUT2D eigenvalue weighted by molar-refractivity contribution is 5.87. The van der Waals surface area contributed by atoms with Crippen LogP contribution in [-0.4, -0.2) is 29.8 Å². The second-order valence-corrected chi connectivity index (χ2v) is 3.37. The number of aromatic nitrogens is 1. The first-order valence-electron chi connectivity index (χ1n) is 4.18. The van der Waals surface area contributed by atoms with Gasteiger partial charge in [0.15, 0.2) is 0 Å². The van der Waals surface area contributed by atoms with Gasteiger partial charge in [0, 0.05) is 6.20 Å². The first-order chi connectivity index (χ1) is 6.51. The largest absolute Gasteiger partial charge is 0.464 e. The highest BCUT2D eigenvalue weighted by Gasteiger charge is 2.22. The molecule has 78 valence electrons. The molecule has 1 aromatic heterocycles. The highest BCUT2D eigenvalue weighted by atomic mass is 16.5. The smallest absolute Gasteiger partial charge is 0.354 e. The van der Waals surface area contributed by atoms with Crippen LogP contribution >= 0.6 is 0 Å². The van der Waals surface area contributed by atoms with E-state index < -0.39 is 11.5 Å². The van der Waals surface area contributed by atoms with Crippen molar-refractivity contribution in [2.24, 2.45) is 5.73 Å². The molecule has 1 rings (SSSR count). The number of hydrogen-bond acceptors (Lipinski definition) is 4. The number of aromatic amines is 1. The zero-order valence-electron chi connectivity index (χ0n) is 8.20. The van der Waals surface area contributed by atoms with Gasteiger partial charge in [0.05, 0.1) is 19.3 Å². The number of nitrogens with two attached hydrogens (primary N) is 1. The number of rotatable bonds is 3. The van der Waals surface area contributed by atoms with Crippen molar-refractivity contribution in [3.8, 4) is 0 Å². The van der Waals surface area contributed by atoms with Gasteiger partial charge in [-0.25, -0.2) is 4.79 Å². The van der Waals surface area contributed by atoms with Crippen molar-refractivity contribution in [2.75, 3.05) is 13.7 Å². The summed E-state index contributed by atoms with van der Waals surface area (Å²) in [4.78, 5) is 13.8. The summed E-state index contributed by atoms with van der Waals surface area (Å²) in [6, 6.07) is 1.57. The fourth-order valence-electron chi connectivity index (χ4n) is 1.04. The average molecular weight is 198 g/mol. The van der Waals surface area contributed by atoms with E-state index in [9.17, 15) is 4.79 Å². The van der Waals surface area contributed by atoms with Gasteiger partial charge in [-0.3, -0.25) is 0 Å². The Morgan fingerprint density at radius 3 is 2.93 bits per heavy atom. The minimum absolute atomic E-state index is 0.189. The molecule has 0 radical (unpaired) electrons. The van der Waals surface area contributed by atoms with Crippen molar-refractivity contribution in [2.45, 2.75) is 12.5 Å². The molecule has 1 unspecified atom stereocenters. The number of aliphatic hydroxyl groups is 1. The van der Waals surface area contributed by atoms with E-state index in [2.05, 4.69) is 9.72 Å². The molecule has 5 heteroatoms. The van der Waals surface area contributed by atoms with Gasteiger partial charge in [-0.15, -0.1) is 0 Å². The first-order valence-corrected chi connectivity index (χ1v) is 4.18. The minimum atomic E-state index is -0.844. The van der Waals surface area contributed by atoms with Crippen molar-refractivity contribution >= 4 is 5.97 Å². The van der Waals surface area contributed by atoms with Crippen molar-refractivity contribution < 1.29 is 14.6 Å². The third-order valence-electron chi connectivity index (χ3n) is 2.08. The van der Waals surface area contributed by atoms with E-state index >= 15 is 0 Å². The SMILES string of the molecule is COC(=O)c1cc(C(C)(N)CO)c[nH]1. The molecule has 0 amide bonds. The Kier molecular flexibility index (Phi) is 2.93. The van der Waals surface area contributed by atoms with Crippen molar-refractivity contribution in [3.05, 3.63) is 23.5 Å². The van der Waals surface area contributed by atoms with Crippen LogP contribution in [0, 0.1) is 0 Å². The lowest BCUT2D eigenvalue weighted by molar-refractivity contribution is 0.0594. The average Bonchev–Trinajstić information content (AvgIpc) is 2.66. The van der Waals surface area contributed by atoms with Gasteiger partial charge in [-0.1, -0.05) is 0 Å². The molecule has 5 nitrogen and oxygen atoms in total. The lowest BCUT2D eigenvalue weighted by Crippen LogP contribution is -2.36. The van der Waals surface area contributed by atoms with Crippen LogP contribution in [0.2, 0.25) is 0 Å². The maximum atomic E-state index is 11.1. The Balaban J connectivity index is 2.93. The maximum absolute atomic E-state index is 11.1. The fraction of sp³-hybridized carbons (Fsp3) is 0.444. The van der Waals surface area contributed by atoms with Crippen LogP contribution in [0.1, 0.15) is 23.0 Å². The summed E-state index contributed by atoms with van der Waals surface area (Å²) in [6.07, 6.45) is 1.59. The van der Waals surface area contributed by atoms with E-state index in [1.165, 1.54) is 7.11 Å². The third kappa shape index (κ3) is 1.94. The first kappa shape index (κ1) is 10.7. The van der Waals surface area contributed by atoms with Crippen molar-refractivity contribution in [1.82, 2.24) is 4.98 Å².